The fraction of sp³-hybridized carbons (Fsp3) is 0.235. The van der Waals surface area contributed by atoms with Crippen molar-refractivity contribution in [3.8, 4) is 0 Å². The number of anilines is 1. The lowest BCUT2D eigenvalue weighted by Crippen LogP contribution is -2.36. The van der Waals surface area contributed by atoms with Crippen molar-refractivity contribution in [2.24, 2.45) is 10.7 Å². The van der Waals surface area contributed by atoms with E-state index in [4.69, 9.17) is 5.73 Å². The molecule has 0 aliphatic carbocycles. The average molecular weight is 283 g/mol. The summed E-state index contributed by atoms with van der Waals surface area (Å²) in [4.78, 5) is 6.30. The topological polar surface area (TPSA) is 41.6 Å². The highest BCUT2D eigenvalue weighted by atomic mass is 19.1. The van der Waals surface area contributed by atoms with Crippen molar-refractivity contribution in [2.45, 2.75) is 19.9 Å². The summed E-state index contributed by atoms with van der Waals surface area (Å²) in [5, 5.41) is 0. The molecule has 0 saturated heterocycles. The van der Waals surface area contributed by atoms with Gasteiger partial charge in [0.05, 0.1) is 12.6 Å². The average Bonchev–Trinajstić information content (AvgIpc) is 2.84. The fourth-order valence-electron chi connectivity index (χ4n) is 2.66. The maximum absolute atomic E-state index is 13.8. The molecule has 0 aromatic heterocycles. The van der Waals surface area contributed by atoms with E-state index in [9.17, 15) is 4.39 Å². The minimum absolute atomic E-state index is 0.0538. The number of benzene rings is 2. The quantitative estimate of drug-likeness (QED) is 0.918. The van der Waals surface area contributed by atoms with Crippen LogP contribution in [0.3, 0.4) is 0 Å². The largest absolute Gasteiger partial charge is 0.369 e. The molecule has 1 heterocycles. The molecule has 3 rings (SSSR count). The van der Waals surface area contributed by atoms with E-state index in [1.807, 2.05) is 36.1 Å². The van der Waals surface area contributed by atoms with Gasteiger partial charge in [0, 0.05) is 5.69 Å². The van der Waals surface area contributed by atoms with Gasteiger partial charge in [0.15, 0.2) is 5.96 Å². The third-order valence-electron chi connectivity index (χ3n) is 3.85. The Morgan fingerprint density at radius 1 is 1.19 bits per heavy atom. The van der Waals surface area contributed by atoms with E-state index in [2.05, 4.69) is 11.1 Å². The smallest absolute Gasteiger partial charge is 0.196 e. The van der Waals surface area contributed by atoms with Crippen LogP contribution in [0.15, 0.2) is 47.5 Å². The highest BCUT2D eigenvalue weighted by molar-refractivity contribution is 5.97. The van der Waals surface area contributed by atoms with Crippen molar-refractivity contribution >= 4 is 11.6 Å². The predicted molar refractivity (Wildman–Crippen MR) is 84.0 cm³/mol. The Kier molecular flexibility index (Phi) is 3.37. The van der Waals surface area contributed by atoms with E-state index in [0.717, 1.165) is 16.8 Å². The second-order valence-corrected chi connectivity index (χ2v) is 5.43. The van der Waals surface area contributed by atoms with Gasteiger partial charge in [0.1, 0.15) is 5.82 Å². The second kappa shape index (κ2) is 5.20. The second-order valence-electron chi connectivity index (χ2n) is 5.43. The van der Waals surface area contributed by atoms with Crippen LogP contribution in [0.2, 0.25) is 0 Å². The molecule has 1 unspecified atom stereocenters. The summed E-state index contributed by atoms with van der Waals surface area (Å²) in [5.74, 6) is 0.286. The summed E-state index contributed by atoms with van der Waals surface area (Å²) in [6.45, 7) is 4.34. The van der Waals surface area contributed by atoms with Gasteiger partial charge in [-0.1, -0.05) is 24.3 Å². The summed E-state index contributed by atoms with van der Waals surface area (Å²) in [5.41, 5.74) is 9.72. The van der Waals surface area contributed by atoms with E-state index in [-0.39, 0.29) is 11.9 Å². The number of halogens is 1. The van der Waals surface area contributed by atoms with Crippen LogP contribution in [0.5, 0.6) is 0 Å². The molecule has 1 aliphatic heterocycles. The molecule has 0 spiro atoms. The Bertz CT molecular complexity index is 709. The van der Waals surface area contributed by atoms with E-state index < -0.39 is 0 Å². The summed E-state index contributed by atoms with van der Waals surface area (Å²) in [6.07, 6.45) is 0. The molecule has 108 valence electrons. The van der Waals surface area contributed by atoms with Gasteiger partial charge in [0.2, 0.25) is 0 Å². The van der Waals surface area contributed by atoms with Crippen LogP contribution < -0.4 is 10.6 Å². The monoisotopic (exact) mass is 283 g/mol. The van der Waals surface area contributed by atoms with Gasteiger partial charge in [-0.25, -0.2) is 4.39 Å². The van der Waals surface area contributed by atoms with Gasteiger partial charge in [0.25, 0.3) is 0 Å². The molecule has 3 nitrogen and oxygen atoms in total. The zero-order valence-corrected chi connectivity index (χ0v) is 12.2. The van der Waals surface area contributed by atoms with Crippen LogP contribution in [0.1, 0.15) is 22.7 Å². The van der Waals surface area contributed by atoms with Gasteiger partial charge in [-0.3, -0.25) is 4.99 Å². The highest BCUT2D eigenvalue weighted by Crippen LogP contribution is 2.32. The lowest BCUT2D eigenvalue weighted by Gasteiger charge is -2.27. The first-order valence-electron chi connectivity index (χ1n) is 6.98. The van der Waals surface area contributed by atoms with Gasteiger partial charge >= 0.3 is 0 Å². The minimum atomic E-state index is -0.192. The first kappa shape index (κ1) is 13.6. The van der Waals surface area contributed by atoms with Crippen LogP contribution in [0.25, 0.3) is 0 Å². The molecule has 0 amide bonds. The zero-order valence-electron chi connectivity index (χ0n) is 12.2. The standard InChI is InChI=1S/C17H18FN3/c1-11-4-3-5-14(8-11)21-16(10-20-17(21)19)13-7-6-12(2)15(18)9-13/h3-9,16H,10H2,1-2H3,(H2,19,20). The lowest BCUT2D eigenvalue weighted by atomic mass is 10.0. The number of hydrogen-bond acceptors (Lipinski definition) is 3. The minimum Gasteiger partial charge on any atom is -0.369 e. The first-order chi connectivity index (χ1) is 10.1. The Morgan fingerprint density at radius 2 is 2.00 bits per heavy atom. The molecule has 0 saturated carbocycles. The number of nitrogens with zero attached hydrogens (tertiary/aromatic N) is 2. The van der Waals surface area contributed by atoms with Crippen molar-refractivity contribution < 1.29 is 4.39 Å². The molecule has 0 bridgehead atoms. The van der Waals surface area contributed by atoms with Crippen LogP contribution >= 0.6 is 0 Å². The third-order valence-corrected chi connectivity index (χ3v) is 3.85. The molecule has 21 heavy (non-hydrogen) atoms. The van der Waals surface area contributed by atoms with Gasteiger partial charge in [-0.2, -0.15) is 0 Å². The molecule has 0 radical (unpaired) electrons. The summed E-state index contributed by atoms with van der Waals surface area (Å²) in [6, 6.07) is 13.4. The van der Waals surface area contributed by atoms with Gasteiger partial charge in [-0.15, -0.1) is 0 Å². The first-order valence-corrected chi connectivity index (χ1v) is 6.98. The van der Waals surface area contributed by atoms with Crippen molar-refractivity contribution in [2.75, 3.05) is 11.4 Å². The van der Waals surface area contributed by atoms with Crippen LogP contribution in [0.4, 0.5) is 10.1 Å². The van der Waals surface area contributed by atoms with Crippen molar-refractivity contribution in [1.29, 1.82) is 0 Å². The molecule has 1 aliphatic rings. The van der Waals surface area contributed by atoms with Crippen LogP contribution in [0, 0.1) is 19.7 Å². The Hall–Kier alpha value is -2.36. The third kappa shape index (κ3) is 2.49. The van der Waals surface area contributed by atoms with E-state index >= 15 is 0 Å². The molecule has 0 fully saturated rings. The molecular weight excluding hydrogens is 265 g/mol. The van der Waals surface area contributed by atoms with Crippen LogP contribution in [-0.2, 0) is 0 Å². The van der Waals surface area contributed by atoms with Crippen molar-refractivity contribution in [3.63, 3.8) is 0 Å². The number of aliphatic imine (C=N–C) groups is 1. The van der Waals surface area contributed by atoms with E-state index in [0.29, 0.717) is 18.1 Å². The Morgan fingerprint density at radius 3 is 2.71 bits per heavy atom. The number of aryl methyl sites for hydroxylation is 2. The number of hydrogen-bond donors (Lipinski definition) is 1. The molecular formula is C17H18FN3. The van der Waals surface area contributed by atoms with Crippen LogP contribution in [-0.4, -0.2) is 12.5 Å². The zero-order chi connectivity index (χ0) is 15.0. The molecule has 4 heteroatoms. The number of guanidine groups is 1. The van der Waals surface area contributed by atoms with Gasteiger partial charge in [-0.05, 0) is 48.7 Å². The highest BCUT2D eigenvalue weighted by Gasteiger charge is 2.29. The SMILES string of the molecule is Cc1cccc(N2C(N)=NCC2c2ccc(C)c(F)c2)c1. The maximum Gasteiger partial charge on any atom is 0.196 e. The van der Waals surface area contributed by atoms with E-state index in [1.54, 1.807) is 19.1 Å². The fourth-order valence-corrected chi connectivity index (χ4v) is 2.66. The van der Waals surface area contributed by atoms with E-state index in [1.165, 1.54) is 0 Å². The van der Waals surface area contributed by atoms with Crippen molar-refractivity contribution in [1.82, 2.24) is 0 Å². The number of nitrogens with two attached hydrogens (primary N) is 1. The lowest BCUT2D eigenvalue weighted by molar-refractivity contribution is 0.612. The number of rotatable bonds is 2. The molecule has 2 aromatic carbocycles. The maximum atomic E-state index is 13.8. The summed E-state index contributed by atoms with van der Waals surface area (Å²) < 4.78 is 13.8. The summed E-state index contributed by atoms with van der Waals surface area (Å²) in [7, 11) is 0. The Labute approximate surface area is 123 Å². The molecule has 1 atom stereocenters. The van der Waals surface area contributed by atoms with Crippen molar-refractivity contribution in [3.05, 3.63) is 65.0 Å². The predicted octanol–water partition coefficient (Wildman–Crippen LogP) is 3.32. The normalized spacial score (nSPS) is 18.0. The molecule has 2 N–H and O–H groups in total. The van der Waals surface area contributed by atoms with Gasteiger partial charge < -0.3 is 10.6 Å². The molecule has 2 aromatic rings. The Balaban J connectivity index is 2.00. The summed E-state index contributed by atoms with van der Waals surface area (Å²) >= 11 is 0.